The van der Waals surface area contributed by atoms with Crippen LogP contribution in [0.1, 0.15) is 5.69 Å². The third-order valence-corrected chi connectivity index (χ3v) is 3.78. The fourth-order valence-corrected chi connectivity index (χ4v) is 1.61. The van der Waals surface area contributed by atoms with Crippen molar-refractivity contribution in [1.29, 1.82) is 0 Å². The summed E-state index contributed by atoms with van der Waals surface area (Å²) in [6.07, 6.45) is 3.43. The van der Waals surface area contributed by atoms with Crippen molar-refractivity contribution >= 4 is 34.2 Å². The normalized spacial score (nSPS) is 10.3. The molecule has 0 unspecified atom stereocenters. The van der Waals surface area contributed by atoms with Gasteiger partial charge in [0, 0.05) is 18.0 Å². The van der Waals surface area contributed by atoms with Crippen molar-refractivity contribution in [1.82, 2.24) is 15.0 Å². The van der Waals surface area contributed by atoms with Crippen LogP contribution in [-0.4, -0.2) is 15.0 Å². The van der Waals surface area contributed by atoms with Gasteiger partial charge < -0.3 is 0 Å². The van der Waals surface area contributed by atoms with Gasteiger partial charge in [-0.15, -0.1) is 0 Å². The summed E-state index contributed by atoms with van der Waals surface area (Å²) < 4.78 is 0.891. The van der Waals surface area contributed by atoms with Crippen LogP contribution in [0.3, 0.4) is 0 Å². The van der Waals surface area contributed by atoms with Crippen LogP contribution in [-0.2, 0) is 0 Å². The highest BCUT2D eigenvalue weighted by Gasteiger charge is 2.08. The molecule has 0 aliphatic carbocycles. The van der Waals surface area contributed by atoms with Gasteiger partial charge in [-0.3, -0.25) is 4.98 Å². The molecule has 0 aliphatic rings. The average Bonchev–Trinajstić information content (AvgIpc) is 2.26. The van der Waals surface area contributed by atoms with Gasteiger partial charge >= 0.3 is 0 Å². The Balaban J connectivity index is 2.56. The molecule has 0 aliphatic heterocycles. The van der Waals surface area contributed by atoms with Crippen LogP contribution < -0.4 is 0 Å². The van der Waals surface area contributed by atoms with E-state index in [-0.39, 0.29) is 0 Å². The Morgan fingerprint density at radius 1 is 1.33 bits per heavy atom. The highest BCUT2D eigenvalue weighted by Crippen LogP contribution is 2.22. The predicted molar refractivity (Wildman–Crippen MR) is 67.7 cm³/mol. The van der Waals surface area contributed by atoms with E-state index in [1.165, 1.54) is 0 Å². The van der Waals surface area contributed by atoms with Crippen molar-refractivity contribution in [3.63, 3.8) is 0 Å². The predicted octanol–water partition coefficient (Wildman–Crippen LogP) is 3.11. The van der Waals surface area contributed by atoms with Crippen molar-refractivity contribution in [2.24, 2.45) is 0 Å². The molecule has 0 N–H and O–H groups in total. The van der Waals surface area contributed by atoms with Crippen LogP contribution in [0.15, 0.2) is 24.5 Å². The zero-order chi connectivity index (χ0) is 10.8. The molecule has 0 fully saturated rings. The molecule has 3 nitrogen and oxygen atoms in total. The summed E-state index contributed by atoms with van der Waals surface area (Å²) in [4.78, 5) is 12.6. The van der Waals surface area contributed by atoms with E-state index in [1.54, 1.807) is 12.4 Å². The van der Waals surface area contributed by atoms with E-state index in [0.29, 0.717) is 11.0 Å². The van der Waals surface area contributed by atoms with Crippen molar-refractivity contribution < 1.29 is 0 Å². The zero-order valence-corrected chi connectivity index (χ0v) is 10.8. The van der Waals surface area contributed by atoms with Crippen molar-refractivity contribution in [3.8, 4) is 11.4 Å². The average molecular weight is 332 g/mol. The SMILES string of the molecule is Cc1nc(-c2cccnc2)nc(Cl)c1I. The van der Waals surface area contributed by atoms with Gasteiger partial charge in [-0.1, -0.05) is 11.6 Å². The highest BCUT2D eigenvalue weighted by molar-refractivity contribution is 14.1. The topological polar surface area (TPSA) is 38.7 Å². The lowest BCUT2D eigenvalue weighted by Crippen LogP contribution is -1.96. The molecule has 0 atom stereocenters. The second-order valence-corrected chi connectivity index (χ2v) is 4.42. The molecule has 2 heterocycles. The summed E-state index contributed by atoms with van der Waals surface area (Å²) in [7, 11) is 0. The third kappa shape index (κ3) is 2.26. The number of aryl methyl sites for hydroxylation is 1. The first-order valence-electron chi connectivity index (χ1n) is 4.28. The van der Waals surface area contributed by atoms with E-state index < -0.39 is 0 Å². The van der Waals surface area contributed by atoms with Gasteiger partial charge in [0.2, 0.25) is 0 Å². The Labute approximate surface area is 106 Å². The molecule has 0 saturated heterocycles. The molecule has 2 rings (SSSR count). The summed E-state index contributed by atoms with van der Waals surface area (Å²) in [5.74, 6) is 0.617. The number of aromatic nitrogens is 3. The van der Waals surface area contributed by atoms with Gasteiger partial charge in [0.05, 0.1) is 9.26 Å². The lowest BCUT2D eigenvalue weighted by molar-refractivity contribution is 1.09. The molecule has 15 heavy (non-hydrogen) atoms. The van der Waals surface area contributed by atoms with E-state index in [4.69, 9.17) is 11.6 Å². The number of halogens is 2. The highest BCUT2D eigenvalue weighted by atomic mass is 127. The Morgan fingerprint density at radius 2 is 2.13 bits per heavy atom. The molecule has 0 bridgehead atoms. The molecule has 0 saturated carbocycles. The molecule has 0 aromatic carbocycles. The summed E-state index contributed by atoms with van der Waals surface area (Å²) in [5.41, 5.74) is 1.76. The zero-order valence-electron chi connectivity index (χ0n) is 7.91. The van der Waals surface area contributed by atoms with Crippen LogP contribution in [0.2, 0.25) is 5.15 Å². The lowest BCUT2D eigenvalue weighted by Gasteiger charge is -2.04. The van der Waals surface area contributed by atoms with Crippen LogP contribution in [0, 0.1) is 10.5 Å². The first kappa shape index (κ1) is 10.8. The monoisotopic (exact) mass is 331 g/mol. The lowest BCUT2D eigenvalue weighted by atomic mass is 10.2. The van der Waals surface area contributed by atoms with Crippen LogP contribution in [0.4, 0.5) is 0 Å². The molecular weight excluding hydrogens is 324 g/mol. The molecule has 0 radical (unpaired) electrons. The molecule has 5 heteroatoms. The Bertz CT molecular complexity index is 464. The molecule has 0 amide bonds. The Kier molecular flexibility index (Phi) is 3.16. The van der Waals surface area contributed by atoms with E-state index in [1.807, 2.05) is 19.1 Å². The van der Waals surface area contributed by atoms with Crippen molar-refractivity contribution in [3.05, 3.63) is 38.9 Å². The number of rotatable bonds is 1. The van der Waals surface area contributed by atoms with Gasteiger partial charge in [-0.2, -0.15) is 0 Å². The second kappa shape index (κ2) is 4.40. The fourth-order valence-electron chi connectivity index (χ4n) is 1.15. The second-order valence-electron chi connectivity index (χ2n) is 2.98. The number of nitrogens with zero attached hydrogens (tertiary/aromatic N) is 3. The third-order valence-electron chi connectivity index (χ3n) is 1.90. The van der Waals surface area contributed by atoms with Gasteiger partial charge in [-0.25, -0.2) is 9.97 Å². The van der Waals surface area contributed by atoms with Gasteiger partial charge in [0.25, 0.3) is 0 Å². The Morgan fingerprint density at radius 3 is 2.73 bits per heavy atom. The van der Waals surface area contributed by atoms with E-state index in [2.05, 4.69) is 37.5 Å². The molecule has 2 aromatic rings. The van der Waals surface area contributed by atoms with E-state index >= 15 is 0 Å². The summed E-state index contributed by atoms with van der Waals surface area (Å²) in [6, 6.07) is 3.75. The van der Waals surface area contributed by atoms with Crippen LogP contribution in [0.5, 0.6) is 0 Å². The quantitative estimate of drug-likeness (QED) is 0.595. The number of pyridine rings is 1. The summed E-state index contributed by atoms with van der Waals surface area (Å²) in [5, 5.41) is 0.488. The maximum atomic E-state index is 5.99. The minimum Gasteiger partial charge on any atom is -0.264 e. The van der Waals surface area contributed by atoms with Crippen molar-refractivity contribution in [2.75, 3.05) is 0 Å². The minimum absolute atomic E-state index is 0.488. The molecule has 76 valence electrons. The van der Waals surface area contributed by atoms with E-state index in [0.717, 1.165) is 14.8 Å². The summed E-state index contributed by atoms with van der Waals surface area (Å²) >= 11 is 8.12. The number of hydrogen-bond donors (Lipinski definition) is 0. The largest absolute Gasteiger partial charge is 0.264 e. The van der Waals surface area contributed by atoms with Gasteiger partial charge in [0.15, 0.2) is 5.82 Å². The van der Waals surface area contributed by atoms with Gasteiger partial charge in [0.1, 0.15) is 5.15 Å². The maximum Gasteiger partial charge on any atom is 0.162 e. The Hall–Kier alpha value is -0.750. The van der Waals surface area contributed by atoms with Crippen LogP contribution in [0.25, 0.3) is 11.4 Å². The molecule has 0 spiro atoms. The fraction of sp³-hybridized carbons (Fsp3) is 0.100. The minimum atomic E-state index is 0.488. The molecule has 2 aromatic heterocycles. The maximum absolute atomic E-state index is 5.99. The van der Waals surface area contributed by atoms with Crippen LogP contribution >= 0.6 is 34.2 Å². The van der Waals surface area contributed by atoms with Gasteiger partial charge in [-0.05, 0) is 41.6 Å². The van der Waals surface area contributed by atoms with E-state index in [9.17, 15) is 0 Å². The summed E-state index contributed by atoms with van der Waals surface area (Å²) in [6.45, 7) is 1.91. The van der Waals surface area contributed by atoms with Crippen molar-refractivity contribution in [2.45, 2.75) is 6.92 Å². The standard InChI is InChI=1S/C10H7ClIN3/c1-6-8(12)9(11)15-10(14-6)7-3-2-4-13-5-7/h2-5H,1H3. The molecular formula is C10H7ClIN3. The number of hydrogen-bond acceptors (Lipinski definition) is 3. The first-order valence-corrected chi connectivity index (χ1v) is 5.74. The smallest absolute Gasteiger partial charge is 0.162 e. The first-order chi connectivity index (χ1) is 7.18.